The van der Waals surface area contributed by atoms with Crippen LogP contribution in [0.4, 0.5) is 0 Å². The number of thiophene rings is 1. The van der Waals surface area contributed by atoms with Gasteiger partial charge in [-0.25, -0.2) is 13.1 Å². The highest BCUT2D eigenvalue weighted by Gasteiger charge is 2.53. The Hall–Kier alpha value is -0.430. The molecule has 0 saturated heterocycles. The molecule has 0 amide bonds. The highest BCUT2D eigenvalue weighted by Crippen LogP contribution is 2.60. The molecule has 0 aliphatic heterocycles. The second kappa shape index (κ2) is 5.09. The van der Waals surface area contributed by atoms with Gasteiger partial charge >= 0.3 is 0 Å². The zero-order valence-electron chi connectivity index (χ0n) is 12.0. The molecule has 2 saturated carbocycles. The van der Waals surface area contributed by atoms with Crippen molar-refractivity contribution in [2.24, 2.45) is 11.3 Å². The van der Waals surface area contributed by atoms with E-state index in [1.54, 1.807) is 6.07 Å². The van der Waals surface area contributed by atoms with Crippen molar-refractivity contribution in [3.8, 4) is 0 Å². The third-order valence-electron chi connectivity index (χ3n) is 4.55. The Bertz CT molecular complexity index is 599. The SMILES string of the molecule is CNCc1sc(S(=O)(=O)NCC2(C3CC3)CC2)cc1C. The summed E-state index contributed by atoms with van der Waals surface area (Å²) in [5.41, 5.74) is 1.35. The average Bonchev–Trinajstić information content (AvgIpc) is 3.28. The van der Waals surface area contributed by atoms with Crippen LogP contribution in [0.3, 0.4) is 0 Å². The second-order valence-electron chi connectivity index (χ2n) is 6.16. The first-order valence-electron chi connectivity index (χ1n) is 7.20. The van der Waals surface area contributed by atoms with Gasteiger partial charge in [0.05, 0.1) is 0 Å². The van der Waals surface area contributed by atoms with Crippen LogP contribution in [0.25, 0.3) is 0 Å². The molecule has 2 N–H and O–H groups in total. The monoisotopic (exact) mass is 314 g/mol. The van der Waals surface area contributed by atoms with Gasteiger partial charge in [0.1, 0.15) is 4.21 Å². The van der Waals surface area contributed by atoms with Gasteiger partial charge in [-0.2, -0.15) is 0 Å². The predicted molar refractivity (Wildman–Crippen MR) is 81.4 cm³/mol. The maximum atomic E-state index is 12.4. The third kappa shape index (κ3) is 2.79. The van der Waals surface area contributed by atoms with E-state index in [2.05, 4.69) is 10.0 Å². The van der Waals surface area contributed by atoms with Crippen molar-refractivity contribution >= 4 is 21.4 Å². The fourth-order valence-electron chi connectivity index (χ4n) is 2.85. The van der Waals surface area contributed by atoms with E-state index >= 15 is 0 Å². The summed E-state index contributed by atoms with van der Waals surface area (Å²) >= 11 is 1.37. The quantitative estimate of drug-likeness (QED) is 0.811. The van der Waals surface area contributed by atoms with E-state index in [4.69, 9.17) is 0 Å². The van der Waals surface area contributed by atoms with Crippen LogP contribution in [0.2, 0.25) is 0 Å². The number of aryl methyl sites for hydroxylation is 1. The van der Waals surface area contributed by atoms with E-state index in [0.29, 0.717) is 16.2 Å². The van der Waals surface area contributed by atoms with Crippen LogP contribution in [0.15, 0.2) is 10.3 Å². The van der Waals surface area contributed by atoms with E-state index in [0.717, 1.165) is 22.9 Å². The first-order valence-corrected chi connectivity index (χ1v) is 9.50. The van der Waals surface area contributed by atoms with Crippen LogP contribution in [0.5, 0.6) is 0 Å². The Balaban J connectivity index is 1.69. The molecule has 2 aliphatic carbocycles. The molecule has 2 aliphatic rings. The van der Waals surface area contributed by atoms with Crippen molar-refractivity contribution in [1.82, 2.24) is 10.0 Å². The summed E-state index contributed by atoms with van der Waals surface area (Å²) in [6.07, 6.45) is 4.95. The van der Waals surface area contributed by atoms with Crippen molar-refractivity contribution in [1.29, 1.82) is 0 Å². The number of hydrogen-bond donors (Lipinski definition) is 2. The van der Waals surface area contributed by atoms with Crippen molar-refractivity contribution in [3.05, 3.63) is 16.5 Å². The summed E-state index contributed by atoms with van der Waals surface area (Å²) in [4.78, 5) is 1.09. The van der Waals surface area contributed by atoms with Gasteiger partial charge in [-0.05, 0) is 62.6 Å². The number of sulfonamides is 1. The summed E-state index contributed by atoms with van der Waals surface area (Å²) in [5.74, 6) is 0.773. The number of hydrogen-bond acceptors (Lipinski definition) is 4. The minimum atomic E-state index is -3.34. The molecule has 0 atom stereocenters. The topological polar surface area (TPSA) is 58.2 Å². The maximum absolute atomic E-state index is 12.4. The molecule has 4 nitrogen and oxygen atoms in total. The molecule has 0 bridgehead atoms. The lowest BCUT2D eigenvalue weighted by Gasteiger charge is -2.14. The highest BCUT2D eigenvalue weighted by atomic mass is 32.2. The fraction of sp³-hybridized carbons (Fsp3) is 0.714. The van der Waals surface area contributed by atoms with Crippen LogP contribution < -0.4 is 10.0 Å². The first kappa shape index (κ1) is 14.5. The van der Waals surface area contributed by atoms with Crippen LogP contribution in [0, 0.1) is 18.3 Å². The summed E-state index contributed by atoms with van der Waals surface area (Å²) < 4.78 is 28.1. The minimum Gasteiger partial charge on any atom is -0.315 e. The molecule has 0 aromatic carbocycles. The summed E-state index contributed by atoms with van der Waals surface area (Å²) in [6.45, 7) is 3.31. The zero-order chi connectivity index (χ0) is 14.4. The van der Waals surface area contributed by atoms with Crippen LogP contribution in [0.1, 0.15) is 36.1 Å². The Morgan fingerprint density at radius 1 is 1.40 bits per heavy atom. The molecule has 1 aromatic rings. The Labute approximate surface area is 125 Å². The predicted octanol–water partition coefficient (Wildman–Crippen LogP) is 2.24. The average molecular weight is 314 g/mol. The first-order chi connectivity index (χ1) is 9.47. The standard InChI is InChI=1S/C14H22N2O2S2/c1-10-7-13(19-12(10)8-15-2)20(17,18)16-9-14(5-6-14)11-3-4-11/h7,11,15-16H,3-6,8-9H2,1-2H3. The molecule has 0 unspecified atom stereocenters. The van der Waals surface area contributed by atoms with Gasteiger partial charge < -0.3 is 5.32 Å². The molecule has 3 rings (SSSR count). The fourth-order valence-corrected chi connectivity index (χ4v) is 5.64. The molecular weight excluding hydrogens is 292 g/mol. The lowest BCUT2D eigenvalue weighted by Crippen LogP contribution is -2.30. The molecule has 1 aromatic heterocycles. The van der Waals surface area contributed by atoms with Crippen LogP contribution >= 0.6 is 11.3 Å². The van der Waals surface area contributed by atoms with E-state index in [-0.39, 0.29) is 0 Å². The Morgan fingerprint density at radius 3 is 2.65 bits per heavy atom. The summed E-state index contributed by atoms with van der Waals surface area (Å²) in [6, 6.07) is 1.79. The third-order valence-corrected chi connectivity index (χ3v) is 7.66. The maximum Gasteiger partial charge on any atom is 0.250 e. The van der Waals surface area contributed by atoms with Crippen molar-refractivity contribution in [2.75, 3.05) is 13.6 Å². The van der Waals surface area contributed by atoms with Crippen LogP contribution in [-0.4, -0.2) is 22.0 Å². The van der Waals surface area contributed by atoms with Gasteiger partial charge in [0.15, 0.2) is 0 Å². The van der Waals surface area contributed by atoms with Crippen molar-refractivity contribution in [3.63, 3.8) is 0 Å². The molecule has 1 heterocycles. The molecule has 6 heteroatoms. The number of nitrogens with one attached hydrogen (secondary N) is 2. The zero-order valence-corrected chi connectivity index (χ0v) is 13.7. The van der Waals surface area contributed by atoms with Gasteiger partial charge in [-0.15, -0.1) is 11.3 Å². The summed E-state index contributed by atoms with van der Waals surface area (Å²) in [7, 11) is -1.47. The number of rotatable bonds is 7. The van der Waals surface area contributed by atoms with E-state index in [9.17, 15) is 8.42 Å². The highest BCUT2D eigenvalue weighted by molar-refractivity contribution is 7.91. The lowest BCUT2D eigenvalue weighted by molar-refractivity contribution is 0.432. The van der Waals surface area contributed by atoms with Gasteiger partial charge in [0.2, 0.25) is 10.0 Å². The Kier molecular flexibility index (Phi) is 3.69. The van der Waals surface area contributed by atoms with E-state index < -0.39 is 10.0 Å². The second-order valence-corrected chi connectivity index (χ2v) is 9.29. The molecule has 20 heavy (non-hydrogen) atoms. The normalized spacial score (nSPS) is 21.1. The largest absolute Gasteiger partial charge is 0.315 e. The Morgan fingerprint density at radius 2 is 2.10 bits per heavy atom. The van der Waals surface area contributed by atoms with Crippen molar-refractivity contribution < 1.29 is 8.42 Å². The minimum absolute atomic E-state index is 0.299. The molecule has 0 radical (unpaired) electrons. The van der Waals surface area contributed by atoms with Gasteiger partial charge in [-0.1, -0.05) is 0 Å². The van der Waals surface area contributed by atoms with Crippen molar-refractivity contribution in [2.45, 2.75) is 43.4 Å². The van der Waals surface area contributed by atoms with Crippen LogP contribution in [-0.2, 0) is 16.6 Å². The molecular formula is C14H22N2O2S2. The lowest BCUT2D eigenvalue weighted by atomic mass is 10.0. The smallest absolute Gasteiger partial charge is 0.250 e. The van der Waals surface area contributed by atoms with E-state index in [1.165, 1.54) is 37.0 Å². The van der Waals surface area contributed by atoms with Gasteiger partial charge in [0, 0.05) is 18.0 Å². The van der Waals surface area contributed by atoms with E-state index in [1.807, 2.05) is 14.0 Å². The summed E-state index contributed by atoms with van der Waals surface area (Å²) in [5, 5.41) is 3.07. The molecule has 0 spiro atoms. The van der Waals surface area contributed by atoms with Gasteiger partial charge in [0.25, 0.3) is 0 Å². The van der Waals surface area contributed by atoms with Gasteiger partial charge in [-0.3, -0.25) is 0 Å². The molecule has 2 fully saturated rings. The molecule has 112 valence electrons.